The second-order valence-electron chi connectivity index (χ2n) is 8.37. The van der Waals surface area contributed by atoms with E-state index in [1.165, 1.54) is 7.11 Å². The number of phenolic OH excluding ortho intramolecular Hbond substituents is 1. The van der Waals surface area contributed by atoms with Crippen LogP contribution >= 0.6 is 0 Å². The van der Waals surface area contributed by atoms with Crippen LogP contribution in [0.5, 0.6) is 11.5 Å². The van der Waals surface area contributed by atoms with Gasteiger partial charge in [-0.25, -0.2) is 4.79 Å². The Kier molecular flexibility index (Phi) is 7.37. The molecule has 2 heterocycles. The minimum atomic E-state index is -0.768. The summed E-state index contributed by atoms with van der Waals surface area (Å²) in [5.74, 6) is -0.0554. The highest BCUT2D eigenvalue weighted by Crippen LogP contribution is 2.34. The summed E-state index contributed by atoms with van der Waals surface area (Å²) in [4.78, 5) is 24.4. The van der Waals surface area contributed by atoms with Crippen molar-refractivity contribution in [3.63, 3.8) is 0 Å². The molecular formula is C26H28O8. The number of methoxy groups -OCH3 is 1. The summed E-state index contributed by atoms with van der Waals surface area (Å²) >= 11 is 0. The van der Waals surface area contributed by atoms with Gasteiger partial charge < -0.3 is 28.5 Å². The van der Waals surface area contributed by atoms with Gasteiger partial charge >= 0.3 is 6.16 Å². The molecule has 1 aromatic heterocycles. The van der Waals surface area contributed by atoms with Crippen molar-refractivity contribution >= 4 is 22.9 Å². The normalized spacial score (nSPS) is 17.9. The largest absolute Gasteiger partial charge is 0.508 e. The predicted molar refractivity (Wildman–Crippen MR) is 123 cm³/mol. The molecule has 1 saturated heterocycles. The third-order valence-electron chi connectivity index (χ3n) is 5.78. The second-order valence-corrected chi connectivity index (χ2v) is 8.37. The Bertz CT molecular complexity index is 1160. The molecular weight excluding hydrogens is 440 g/mol. The molecule has 0 unspecified atom stereocenters. The van der Waals surface area contributed by atoms with Crippen LogP contribution in [0.15, 0.2) is 47.1 Å². The van der Waals surface area contributed by atoms with E-state index in [0.29, 0.717) is 19.3 Å². The number of hydrogen-bond acceptors (Lipinski definition) is 8. The molecule has 8 nitrogen and oxygen atoms in total. The molecule has 2 atom stereocenters. The number of rotatable bonds is 8. The quantitative estimate of drug-likeness (QED) is 0.350. The van der Waals surface area contributed by atoms with E-state index in [1.54, 1.807) is 18.4 Å². The van der Waals surface area contributed by atoms with Crippen molar-refractivity contribution in [3.8, 4) is 11.5 Å². The Morgan fingerprint density at radius 2 is 2.00 bits per heavy atom. The number of carbonyl (C=O) groups excluding carboxylic acids is 2. The summed E-state index contributed by atoms with van der Waals surface area (Å²) in [6.07, 6.45) is 2.74. The molecule has 180 valence electrons. The van der Waals surface area contributed by atoms with Crippen LogP contribution in [-0.2, 0) is 20.6 Å². The molecule has 0 bridgehead atoms. The van der Waals surface area contributed by atoms with Gasteiger partial charge in [0.1, 0.15) is 29.3 Å². The van der Waals surface area contributed by atoms with Crippen molar-refractivity contribution in [2.75, 3.05) is 13.7 Å². The van der Waals surface area contributed by atoms with Gasteiger partial charge in [0, 0.05) is 18.2 Å². The fraction of sp³-hybridized carbons (Fsp3) is 0.385. The van der Waals surface area contributed by atoms with E-state index in [-0.39, 0.29) is 42.0 Å². The lowest BCUT2D eigenvalue weighted by Crippen LogP contribution is -2.35. The molecule has 1 aliphatic heterocycles. The van der Waals surface area contributed by atoms with Gasteiger partial charge in [-0.05, 0) is 67.6 Å². The molecule has 0 spiro atoms. The number of aryl methyl sites for hydroxylation is 2. The number of Topliss-reactive ketones (excluding diaryl/α,β-unsaturated/α-hetero) is 1. The Morgan fingerprint density at radius 3 is 2.82 bits per heavy atom. The minimum absolute atomic E-state index is 0.0540. The number of furan rings is 1. The maximum atomic E-state index is 13.1. The van der Waals surface area contributed by atoms with Gasteiger partial charge in [-0.1, -0.05) is 6.07 Å². The molecule has 0 radical (unpaired) electrons. The number of fused-ring (bicyclic) bond motifs is 1. The van der Waals surface area contributed by atoms with Crippen LogP contribution in [0.2, 0.25) is 0 Å². The second kappa shape index (κ2) is 10.6. The van der Waals surface area contributed by atoms with E-state index in [2.05, 4.69) is 4.74 Å². The zero-order valence-corrected chi connectivity index (χ0v) is 19.2. The minimum Gasteiger partial charge on any atom is -0.507 e. The number of hydrogen-bond donors (Lipinski definition) is 1. The van der Waals surface area contributed by atoms with Gasteiger partial charge in [0.05, 0.1) is 19.5 Å². The molecule has 2 aromatic carbocycles. The molecule has 0 amide bonds. The van der Waals surface area contributed by atoms with Crippen molar-refractivity contribution in [3.05, 3.63) is 59.4 Å². The molecule has 4 rings (SSSR count). The lowest BCUT2D eigenvalue weighted by molar-refractivity contribution is -0.160. The van der Waals surface area contributed by atoms with Crippen molar-refractivity contribution in [2.24, 2.45) is 0 Å². The van der Waals surface area contributed by atoms with E-state index in [1.807, 2.05) is 31.2 Å². The molecule has 34 heavy (non-hydrogen) atoms. The van der Waals surface area contributed by atoms with Crippen LogP contribution in [0.25, 0.3) is 11.0 Å². The number of ether oxygens (including phenoxy) is 4. The standard InChI is InChI=1S/C26H28O8/c1-16-12-21(28)25(20(27)8-6-17-7-9-22-18(14-17)10-11-31-22)23(13-16)34-24-5-3-4-19(33-24)15-32-26(29)30-2/h7,9-14,19,24,28H,3-6,8,15H2,1-2H3/t19-,24-/m0/s1. The van der Waals surface area contributed by atoms with Crippen molar-refractivity contribution in [1.29, 1.82) is 0 Å². The Morgan fingerprint density at radius 1 is 1.15 bits per heavy atom. The van der Waals surface area contributed by atoms with Gasteiger partial charge in [0.25, 0.3) is 0 Å². The van der Waals surface area contributed by atoms with Crippen molar-refractivity contribution < 1.29 is 38.1 Å². The first kappa shape index (κ1) is 23.6. The average molecular weight is 469 g/mol. The van der Waals surface area contributed by atoms with Crippen LogP contribution in [0.4, 0.5) is 4.79 Å². The predicted octanol–water partition coefficient (Wildman–Crippen LogP) is 5.32. The first-order valence-electron chi connectivity index (χ1n) is 11.3. The SMILES string of the molecule is COC(=O)OC[C@@H]1CCC[C@H](Oc2cc(C)cc(O)c2C(=O)CCc2ccc3occc3c2)O1. The van der Waals surface area contributed by atoms with E-state index in [9.17, 15) is 14.7 Å². The number of benzene rings is 2. The zero-order valence-electron chi connectivity index (χ0n) is 19.2. The highest BCUT2D eigenvalue weighted by Gasteiger charge is 2.27. The third kappa shape index (κ3) is 5.69. The number of phenols is 1. The van der Waals surface area contributed by atoms with Gasteiger partial charge in [0.15, 0.2) is 12.1 Å². The number of ketones is 1. The fourth-order valence-electron chi connectivity index (χ4n) is 4.10. The maximum absolute atomic E-state index is 13.1. The third-order valence-corrected chi connectivity index (χ3v) is 5.78. The summed E-state index contributed by atoms with van der Waals surface area (Å²) in [7, 11) is 1.24. The van der Waals surface area contributed by atoms with E-state index in [4.69, 9.17) is 18.6 Å². The van der Waals surface area contributed by atoms with Gasteiger partial charge in [-0.3, -0.25) is 4.79 Å². The summed E-state index contributed by atoms with van der Waals surface area (Å²) in [6, 6.07) is 11.0. The molecule has 3 aromatic rings. The summed E-state index contributed by atoms with van der Waals surface area (Å²) in [6.45, 7) is 1.87. The van der Waals surface area contributed by atoms with Crippen LogP contribution < -0.4 is 4.74 Å². The molecule has 8 heteroatoms. The Hall–Kier alpha value is -3.52. The average Bonchev–Trinajstić information content (AvgIpc) is 3.29. The lowest BCUT2D eigenvalue weighted by atomic mass is 9.99. The molecule has 1 fully saturated rings. The Balaban J connectivity index is 1.44. The molecule has 1 aliphatic rings. The molecule has 0 aliphatic carbocycles. The first-order chi connectivity index (χ1) is 16.4. The topological polar surface area (TPSA) is 104 Å². The zero-order chi connectivity index (χ0) is 24.1. The van der Waals surface area contributed by atoms with E-state index in [0.717, 1.165) is 28.5 Å². The van der Waals surface area contributed by atoms with Crippen molar-refractivity contribution in [1.82, 2.24) is 0 Å². The van der Waals surface area contributed by atoms with Crippen LogP contribution in [-0.4, -0.2) is 43.2 Å². The Labute approximate surface area is 197 Å². The number of carbonyl (C=O) groups is 2. The number of aromatic hydroxyl groups is 1. The van der Waals surface area contributed by atoms with E-state index >= 15 is 0 Å². The van der Waals surface area contributed by atoms with Crippen molar-refractivity contribution in [2.45, 2.75) is 51.4 Å². The van der Waals surface area contributed by atoms with E-state index < -0.39 is 12.4 Å². The monoisotopic (exact) mass is 468 g/mol. The highest BCUT2D eigenvalue weighted by atomic mass is 16.7. The summed E-state index contributed by atoms with van der Waals surface area (Å²) in [5.41, 5.74) is 2.70. The molecule has 1 N–H and O–H groups in total. The fourth-order valence-corrected chi connectivity index (χ4v) is 4.10. The first-order valence-corrected chi connectivity index (χ1v) is 11.3. The summed E-state index contributed by atoms with van der Waals surface area (Å²) < 4.78 is 26.8. The van der Waals surface area contributed by atoms with Crippen LogP contribution in [0.3, 0.4) is 0 Å². The highest BCUT2D eigenvalue weighted by molar-refractivity contribution is 6.01. The van der Waals surface area contributed by atoms with Gasteiger partial charge in [-0.2, -0.15) is 0 Å². The maximum Gasteiger partial charge on any atom is 0.508 e. The lowest BCUT2D eigenvalue weighted by Gasteiger charge is -2.30. The smallest absolute Gasteiger partial charge is 0.507 e. The van der Waals surface area contributed by atoms with Gasteiger partial charge in [-0.15, -0.1) is 0 Å². The summed E-state index contributed by atoms with van der Waals surface area (Å²) in [5, 5.41) is 11.6. The van der Waals surface area contributed by atoms with Gasteiger partial charge in [0.2, 0.25) is 0 Å². The molecule has 0 saturated carbocycles. The van der Waals surface area contributed by atoms with Crippen LogP contribution in [0, 0.1) is 6.92 Å². The van der Waals surface area contributed by atoms with Crippen LogP contribution in [0.1, 0.15) is 47.2 Å².